The third-order valence-electron chi connectivity index (χ3n) is 2.75. The van der Waals surface area contributed by atoms with Crippen LogP contribution in [-0.2, 0) is 16.4 Å². The smallest absolute Gasteiger partial charge is 0.240 e. The van der Waals surface area contributed by atoms with E-state index in [4.69, 9.17) is 10.9 Å². The zero-order chi connectivity index (χ0) is 14.6. The molecule has 2 aromatic rings. The maximum Gasteiger partial charge on any atom is 0.240 e. The van der Waals surface area contributed by atoms with Gasteiger partial charge in [-0.05, 0) is 30.3 Å². The van der Waals surface area contributed by atoms with Crippen molar-refractivity contribution in [2.45, 2.75) is 11.3 Å². The Kier molecular flexibility index (Phi) is 4.21. The van der Waals surface area contributed by atoms with Gasteiger partial charge < -0.3 is 11.1 Å². The van der Waals surface area contributed by atoms with Crippen molar-refractivity contribution in [3.63, 3.8) is 0 Å². The SMILES string of the molecule is Nc1cc(NCCc2ccccn2)ccc1S(N)(=O)=O. The van der Waals surface area contributed by atoms with E-state index in [1.165, 1.54) is 6.07 Å². The predicted molar refractivity (Wildman–Crippen MR) is 78.7 cm³/mol. The molecule has 7 heteroatoms. The number of hydrogen-bond acceptors (Lipinski definition) is 5. The molecule has 0 spiro atoms. The number of aromatic nitrogens is 1. The van der Waals surface area contributed by atoms with Crippen LogP contribution in [0.15, 0.2) is 47.5 Å². The zero-order valence-electron chi connectivity index (χ0n) is 10.8. The van der Waals surface area contributed by atoms with Crippen LogP contribution in [0.1, 0.15) is 5.69 Å². The molecular weight excluding hydrogens is 276 g/mol. The largest absolute Gasteiger partial charge is 0.398 e. The van der Waals surface area contributed by atoms with E-state index in [0.29, 0.717) is 6.54 Å². The van der Waals surface area contributed by atoms with Gasteiger partial charge in [-0.15, -0.1) is 0 Å². The molecule has 6 nitrogen and oxygen atoms in total. The van der Waals surface area contributed by atoms with Crippen LogP contribution in [0.3, 0.4) is 0 Å². The van der Waals surface area contributed by atoms with Crippen molar-refractivity contribution in [2.24, 2.45) is 5.14 Å². The maximum atomic E-state index is 11.2. The number of benzene rings is 1. The summed E-state index contributed by atoms with van der Waals surface area (Å²) in [6.07, 6.45) is 2.51. The van der Waals surface area contributed by atoms with Gasteiger partial charge in [-0.3, -0.25) is 4.98 Å². The monoisotopic (exact) mass is 292 g/mol. The minimum atomic E-state index is -3.78. The van der Waals surface area contributed by atoms with Crippen molar-refractivity contribution in [1.29, 1.82) is 0 Å². The first-order chi connectivity index (χ1) is 9.47. The second-order valence-corrected chi connectivity index (χ2v) is 5.83. The lowest BCUT2D eigenvalue weighted by molar-refractivity contribution is 0.598. The molecule has 1 aromatic carbocycles. The Morgan fingerprint density at radius 2 is 2.00 bits per heavy atom. The zero-order valence-corrected chi connectivity index (χ0v) is 11.6. The maximum absolute atomic E-state index is 11.2. The Bertz CT molecular complexity index is 687. The number of nitrogens with zero attached hydrogens (tertiary/aromatic N) is 1. The highest BCUT2D eigenvalue weighted by molar-refractivity contribution is 7.89. The van der Waals surface area contributed by atoms with Gasteiger partial charge in [0, 0.05) is 30.5 Å². The summed E-state index contributed by atoms with van der Waals surface area (Å²) in [4.78, 5) is 4.15. The van der Waals surface area contributed by atoms with E-state index >= 15 is 0 Å². The Balaban J connectivity index is 1.99. The first-order valence-corrected chi connectivity index (χ1v) is 7.57. The molecule has 5 N–H and O–H groups in total. The van der Waals surface area contributed by atoms with Crippen molar-refractivity contribution < 1.29 is 8.42 Å². The molecule has 0 fully saturated rings. The average molecular weight is 292 g/mol. The molecule has 0 aliphatic rings. The standard InChI is InChI=1S/C13H16N4O2S/c14-12-9-11(4-5-13(12)20(15,18)19)17-8-6-10-3-1-2-7-16-10/h1-5,7,9,17H,6,8,14H2,(H2,15,18,19). The number of sulfonamides is 1. The molecule has 0 amide bonds. The van der Waals surface area contributed by atoms with Gasteiger partial charge in [0.05, 0.1) is 5.69 Å². The third kappa shape index (κ3) is 3.69. The molecule has 1 heterocycles. The van der Waals surface area contributed by atoms with Crippen molar-refractivity contribution in [2.75, 3.05) is 17.6 Å². The molecule has 106 valence electrons. The van der Waals surface area contributed by atoms with Gasteiger partial charge >= 0.3 is 0 Å². The molecule has 0 aliphatic carbocycles. The van der Waals surface area contributed by atoms with Crippen molar-refractivity contribution >= 4 is 21.4 Å². The minimum Gasteiger partial charge on any atom is -0.398 e. The van der Waals surface area contributed by atoms with Gasteiger partial charge in [0.1, 0.15) is 4.90 Å². The summed E-state index contributed by atoms with van der Waals surface area (Å²) < 4.78 is 22.5. The summed E-state index contributed by atoms with van der Waals surface area (Å²) in [5, 5.41) is 8.20. The summed E-state index contributed by atoms with van der Waals surface area (Å²) in [7, 11) is -3.78. The number of hydrogen-bond donors (Lipinski definition) is 3. The summed E-state index contributed by atoms with van der Waals surface area (Å²) in [5.41, 5.74) is 7.54. The molecule has 0 atom stereocenters. The second kappa shape index (κ2) is 5.89. The molecule has 0 aliphatic heterocycles. The number of nitrogen functional groups attached to an aromatic ring is 1. The van der Waals surface area contributed by atoms with E-state index in [1.54, 1.807) is 18.3 Å². The molecule has 0 unspecified atom stereocenters. The van der Waals surface area contributed by atoms with E-state index in [2.05, 4.69) is 10.3 Å². The Labute approximate surface area is 117 Å². The molecule has 0 saturated carbocycles. The highest BCUT2D eigenvalue weighted by Gasteiger charge is 2.11. The lowest BCUT2D eigenvalue weighted by Gasteiger charge is -2.09. The molecule has 0 radical (unpaired) electrons. The Morgan fingerprint density at radius 1 is 1.20 bits per heavy atom. The lowest BCUT2D eigenvalue weighted by atomic mass is 10.2. The fourth-order valence-corrected chi connectivity index (χ4v) is 2.44. The number of anilines is 2. The fraction of sp³-hybridized carbons (Fsp3) is 0.154. The van der Waals surface area contributed by atoms with E-state index in [-0.39, 0.29) is 10.6 Å². The van der Waals surface area contributed by atoms with Crippen LogP contribution in [0.2, 0.25) is 0 Å². The Morgan fingerprint density at radius 3 is 2.60 bits per heavy atom. The Hall–Kier alpha value is -2.12. The number of primary sulfonamides is 1. The first kappa shape index (κ1) is 14.3. The van der Waals surface area contributed by atoms with E-state index in [1.807, 2.05) is 18.2 Å². The van der Waals surface area contributed by atoms with Crippen LogP contribution >= 0.6 is 0 Å². The van der Waals surface area contributed by atoms with E-state index < -0.39 is 10.0 Å². The molecule has 2 rings (SSSR count). The van der Waals surface area contributed by atoms with Crippen LogP contribution in [0.5, 0.6) is 0 Å². The topological polar surface area (TPSA) is 111 Å². The van der Waals surface area contributed by atoms with Gasteiger partial charge in [0.25, 0.3) is 0 Å². The van der Waals surface area contributed by atoms with Crippen LogP contribution in [0, 0.1) is 0 Å². The summed E-state index contributed by atoms with van der Waals surface area (Å²) in [6.45, 7) is 0.672. The first-order valence-electron chi connectivity index (χ1n) is 6.03. The quantitative estimate of drug-likeness (QED) is 0.711. The van der Waals surface area contributed by atoms with Crippen LogP contribution in [-0.4, -0.2) is 19.9 Å². The predicted octanol–water partition coefficient (Wildman–Crippen LogP) is 0.966. The summed E-state index contributed by atoms with van der Waals surface area (Å²) in [5.74, 6) is 0. The normalized spacial score (nSPS) is 11.2. The lowest BCUT2D eigenvalue weighted by Crippen LogP contribution is -2.14. The van der Waals surface area contributed by atoms with E-state index in [0.717, 1.165) is 17.8 Å². The molecule has 20 heavy (non-hydrogen) atoms. The van der Waals surface area contributed by atoms with Crippen LogP contribution in [0.25, 0.3) is 0 Å². The molecule has 1 aromatic heterocycles. The van der Waals surface area contributed by atoms with Gasteiger partial charge in [0.2, 0.25) is 10.0 Å². The number of nitrogens with two attached hydrogens (primary N) is 2. The van der Waals surface area contributed by atoms with Crippen molar-refractivity contribution in [3.05, 3.63) is 48.3 Å². The van der Waals surface area contributed by atoms with E-state index in [9.17, 15) is 8.42 Å². The summed E-state index contributed by atoms with van der Waals surface area (Å²) in [6, 6.07) is 10.3. The average Bonchev–Trinajstić information content (AvgIpc) is 2.38. The van der Waals surface area contributed by atoms with Crippen molar-refractivity contribution in [3.8, 4) is 0 Å². The third-order valence-corrected chi connectivity index (χ3v) is 3.74. The highest BCUT2D eigenvalue weighted by Crippen LogP contribution is 2.21. The van der Waals surface area contributed by atoms with Gasteiger partial charge in [-0.1, -0.05) is 6.07 Å². The molecule has 0 saturated heterocycles. The second-order valence-electron chi connectivity index (χ2n) is 4.30. The number of pyridine rings is 1. The number of nitrogens with one attached hydrogen (secondary N) is 1. The molecule has 0 bridgehead atoms. The molecular formula is C13H16N4O2S. The highest BCUT2D eigenvalue weighted by atomic mass is 32.2. The van der Waals surface area contributed by atoms with Crippen LogP contribution in [0.4, 0.5) is 11.4 Å². The fourth-order valence-electron chi connectivity index (χ4n) is 1.80. The van der Waals surface area contributed by atoms with Gasteiger partial charge in [-0.25, -0.2) is 13.6 Å². The van der Waals surface area contributed by atoms with Gasteiger partial charge in [0.15, 0.2) is 0 Å². The van der Waals surface area contributed by atoms with Crippen molar-refractivity contribution in [1.82, 2.24) is 4.98 Å². The van der Waals surface area contributed by atoms with Crippen LogP contribution < -0.4 is 16.2 Å². The number of rotatable bonds is 5. The minimum absolute atomic E-state index is 0.0622. The van der Waals surface area contributed by atoms with Gasteiger partial charge in [-0.2, -0.15) is 0 Å². The summed E-state index contributed by atoms with van der Waals surface area (Å²) >= 11 is 0.